The van der Waals surface area contributed by atoms with E-state index in [9.17, 15) is 19.3 Å². The number of anilines is 1. The average Bonchev–Trinajstić information content (AvgIpc) is 3.07. The third-order valence-electron chi connectivity index (χ3n) is 3.29. The molecule has 120 valence electrons. The van der Waals surface area contributed by atoms with Crippen LogP contribution < -0.4 is 5.32 Å². The molecule has 0 saturated carbocycles. The number of furan rings is 1. The predicted octanol–water partition coefficient (Wildman–Crippen LogP) is 4.25. The number of rotatable bonds is 4. The zero-order chi connectivity index (χ0) is 17.1. The van der Waals surface area contributed by atoms with Crippen LogP contribution in [0.4, 0.5) is 15.8 Å². The van der Waals surface area contributed by atoms with Gasteiger partial charge < -0.3 is 9.73 Å². The first-order valence-electron chi connectivity index (χ1n) is 6.94. The van der Waals surface area contributed by atoms with Crippen LogP contribution in [-0.4, -0.2) is 10.8 Å². The molecular weight excluding hydrogens is 315 g/mol. The number of nitrogens with zero attached hydrogens (tertiary/aromatic N) is 1. The summed E-state index contributed by atoms with van der Waals surface area (Å²) in [5.41, 5.74) is 1.02. The third kappa shape index (κ3) is 3.30. The van der Waals surface area contributed by atoms with Crippen LogP contribution in [0.3, 0.4) is 0 Å². The van der Waals surface area contributed by atoms with E-state index in [2.05, 4.69) is 5.32 Å². The normalized spacial score (nSPS) is 10.4. The maximum Gasteiger partial charge on any atom is 0.291 e. The summed E-state index contributed by atoms with van der Waals surface area (Å²) in [7, 11) is 0. The van der Waals surface area contributed by atoms with E-state index < -0.39 is 16.6 Å². The summed E-state index contributed by atoms with van der Waals surface area (Å²) in [6.07, 6.45) is 0. The molecule has 6 nitrogen and oxygen atoms in total. The summed E-state index contributed by atoms with van der Waals surface area (Å²) < 4.78 is 18.3. The summed E-state index contributed by atoms with van der Waals surface area (Å²) >= 11 is 0. The van der Waals surface area contributed by atoms with Crippen molar-refractivity contribution in [1.82, 2.24) is 0 Å². The molecule has 0 spiro atoms. The number of non-ortho nitro benzene ring substituents is 1. The highest BCUT2D eigenvalue weighted by Gasteiger charge is 2.13. The van der Waals surface area contributed by atoms with Crippen molar-refractivity contribution in [3.63, 3.8) is 0 Å². The van der Waals surface area contributed by atoms with Gasteiger partial charge in [0.1, 0.15) is 11.6 Å². The lowest BCUT2D eigenvalue weighted by Crippen LogP contribution is -2.10. The van der Waals surface area contributed by atoms with Gasteiger partial charge in [-0.3, -0.25) is 14.9 Å². The maximum absolute atomic E-state index is 12.8. The van der Waals surface area contributed by atoms with Gasteiger partial charge in [0.05, 0.1) is 4.92 Å². The molecule has 0 atom stereocenters. The third-order valence-corrected chi connectivity index (χ3v) is 3.29. The molecule has 1 amide bonds. The quantitative estimate of drug-likeness (QED) is 0.574. The molecule has 3 aromatic rings. The van der Waals surface area contributed by atoms with Crippen molar-refractivity contribution >= 4 is 17.3 Å². The molecule has 24 heavy (non-hydrogen) atoms. The fourth-order valence-corrected chi connectivity index (χ4v) is 2.09. The highest BCUT2D eigenvalue weighted by Crippen LogP contribution is 2.25. The van der Waals surface area contributed by atoms with Crippen molar-refractivity contribution in [2.75, 3.05) is 5.32 Å². The predicted molar refractivity (Wildman–Crippen MR) is 85.2 cm³/mol. The van der Waals surface area contributed by atoms with E-state index in [1.807, 2.05) is 0 Å². The first-order chi connectivity index (χ1) is 11.5. The van der Waals surface area contributed by atoms with Gasteiger partial charge in [-0.25, -0.2) is 4.39 Å². The lowest BCUT2D eigenvalue weighted by atomic mass is 10.1. The van der Waals surface area contributed by atoms with Crippen LogP contribution >= 0.6 is 0 Å². The van der Waals surface area contributed by atoms with Gasteiger partial charge >= 0.3 is 0 Å². The molecule has 0 unspecified atom stereocenters. The number of halogens is 1. The second-order valence-electron chi connectivity index (χ2n) is 4.93. The van der Waals surface area contributed by atoms with Crippen LogP contribution in [0.2, 0.25) is 0 Å². The monoisotopic (exact) mass is 326 g/mol. The van der Waals surface area contributed by atoms with E-state index >= 15 is 0 Å². The number of hydrogen-bond acceptors (Lipinski definition) is 4. The number of hydrogen-bond donors (Lipinski definition) is 1. The lowest BCUT2D eigenvalue weighted by molar-refractivity contribution is -0.384. The number of nitrogens with one attached hydrogen (secondary N) is 1. The number of carbonyl (C=O) groups is 1. The largest absolute Gasteiger partial charge is 0.451 e. The number of carbonyl (C=O) groups excluding carboxylic acids is 1. The summed E-state index contributed by atoms with van der Waals surface area (Å²) in [6.45, 7) is 0. The first kappa shape index (κ1) is 15.4. The van der Waals surface area contributed by atoms with Gasteiger partial charge in [-0.2, -0.15) is 0 Å². The highest BCUT2D eigenvalue weighted by molar-refractivity contribution is 6.02. The van der Waals surface area contributed by atoms with Crippen molar-refractivity contribution in [2.45, 2.75) is 0 Å². The van der Waals surface area contributed by atoms with Gasteiger partial charge in [0.2, 0.25) is 0 Å². The number of amides is 1. The van der Waals surface area contributed by atoms with E-state index in [0.29, 0.717) is 17.0 Å². The Bertz CT molecular complexity index is 886. The zero-order valence-electron chi connectivity index (χ0n) is 12.2. The maximum atomic E-state index is 12.8. The Labute approximate surface area is 135 Å². The average molecular weight is 326 g/mol. The fourth-order valence-electron chi connectivity index (χ4n) is 2.09. The van der Waals surface area contributed by atoms with Gasteiger partial charge in [0.15, 0.2) is 5.76 Å². The molecule has 2 aromatic carbocycles. The molecule has 1 N–H and O–H groups in total. The van der Waals surface area contributed by atoms with E-state index in [1.165, 1.54) is 42.5 Å². The number of nitro groups is 1. The molecule has 0 aliphatic heterocycles. The van der Waals surface area contributed by atoms with Crippen molar-refractivity contribution in [3.05, 3.63) is 82.4 Å². The topological polar surface area (TPSA) is 85.4 Å². The molecule has 0 fully saturated rings. The Balaban J connectivity index is 1.75. The van der Waals surface area contributed by atoms with Crippen LogP contribution in [0, 0.1) is 15.9 Å². The van der Waals surface area contributed by atoms with Crippen molar-refractivity contribution < 1.29 is 18.5 Å². The van der Waals surface area contributed by atoms with E-state index in [1.54, 1.807) is 18.2 Å². The number of benzene rings is 2. The van der Waals surface area contributed by atoms with Gasteiger partial charge in [0.25, 0.3) is 11.6 Å². The minimum atomic E-state index is -0.493. The zero-order valence-corrected chi connectivity index (χ0v) is 12.2. The smallest absolute Gasteiger partial charge is 0.291 e. The SMILES string of the molecule is O=C(Nc1ccc(F)cc1)c1ccc(-c2ccc([N+](=O)[O-])cc2)o1. The van der Waals surface area contributed by atoms with Crippen molar-refractivity contribution in [3.8, 4) is 11.3 Å². The van der Waals surface area contributed by atoms with Crippen molar-refractivity contribution in [2.24, 2.45) is 0 Å². The lowest BCUT2D eigenvalue weighted by Gasteiger charge is -2.02. The molecule has 7 heteroatoms. The van der Waals surface area contributed by atoms with Crippen LogP contribution in [0.15, 0.2) is 65.1 Å². The van der Waals surface area contributed by atoms with Gasteiger partial charge in [0, 0.05) is 23.4 Å². The van der Waals surface area contributed by atoms with Crippen molar-refractivity contribution in [1.29, 1.82) is 0 Å². The molecule has 1 heterocycles. The molecule has 3 rings (SSSR count). The standard InChI is InChI=1S/C17H11FN2O4/c18-12-3-5-13(6-4-12)19-17(21)16-10-9-15(24-16)11-1-7-14(8-2-11)20(22)23/h1-10H,(H,19,21). The fraction of sp³-hybridized carbons (Fsp3) is 0. The molecule has 1 aromatic heterocycles. The Morgan fingerprint density at radius 1 is 1.00 bits per heavy atom. The van der Waals surface area contributed by atoms with Gasteiger partial charge in [-0.1, -0.05) is 0 Å². The van der Waals surface area contributed by atoms with Crippen LogP contribution in [-0.2, 0) is 0 Å². The minimum absolute atomic E-state index is 0.0282. The second-order valence-corrected chi connectivity index (χ2v) is 4.93. The molecule has 0 radical (unpaired) electrons. The second kappa shape index (κ2) is 6.33. The summed E-state index contributed by atoms with van der Waals surface area (Å²) in [6, 6.07) is 14.2. The Morgan fingerprint density at radius 2 is 1.67 bits per heavy atom. The first-order valence-corrected chi connectivity index (χ1v) is 6.94. The molecular formula is C17H11FN2O4. The molecule has 0 bridgehead atoms. The molecule has 0 saturated heterocycles. The molecule has 0 aliphatic carbocycles. The van der Waals surface area contributed by atoms with Gasteiger partial charge in [-0.15, -0.1) is 0 Å². The summed E-state index contributed by atoms with van der Waals surface area (Å²) in [4.78, 5) is 22.2. The highest BCUT2D eigenvalue weighted by atomic mass is 19.1. The van der Waals surface area contributed by atoms with Crippen LogP contribution in [0.5, 0.6) is 0 Å². The van der Waals surface area contributed by atoms with Gasteiger partial charge in [-0.05, 0) is 48.5 Å². The summed E-state index contributed by atoms with van der Waals surface area (Å²) in [5, 5.41) is 13.2. The Morgan fingerprint density at radius 3 is 2.29 bits per heavy atom. The molecule has 0 aliphatic rings. The number of nitro benzene ring substituents is 1. The summed E-state index contributed by atoms with van der Waals surface area (Å²) in [5.74, 6) is -0.386. The van der Waals surface area contributed by atoms with Crippen LogP contribution in [0.1, 0.15) is 10.6 Å². The Hall–Kier alpha value is -3.48. The van der Waals surface area contributed by atoms with E-state index in [0.717, 1.165) is 0 Å². The minimum Gasteiger partial charge on any atom is -0.451 e. The van der Waals surface area contributed by atoms with Crippen LogP contribution in [0.25, 0.3) is 11.3 Å². The van der Waals surface area contributed by atoms with E-state index in [-0.39, 0.29) is 11.4 Å². The Kier molecular flexibility index (Phi) is 4.07. The van der Waals surface area contributed by atoms with E-state index in [4.69, 9.17) is 4.42 Å².